The Morgan fingerprint density at radius 1 is 0.933 bits per heavy atom. The molecule has 3 aromatic rings. The second kappa shape index (κ2) is 7.94. The average Bonchev–Trinajstić information content (AvgIpc) is 3.17. The predicted octanol–water partition coefficient (Wildman–Crippen LogP) is 3.50. The predicted molar refractivity (Wildman–Crippen MR) is 113 cm³/mol. The maximum Gasteiger partial charge on any atom is 0.261 e. The summed E-state index contributed by atoms with van der Waals surface area (Å²) in [6.45, 7) is 3.96. The molecular weight excluding hydrogens is 380 g/mol. The first-order valence-corrected chi connectivity index (χ1v) is 9.84. The number of imide groups is 1. The molecule has 1 aliphatic heterocycles. The molecule has 2 aromatic carbocycles. The van der Waals surface area contributed by atoms with Crippen molar-refractivity contribution in [1.82, 2.24) is 14.7 Å². The Balaban J connectivity index is 1.37. The third-order valence-corrected chi connectivity index (χ3v) is 5.22. The molecule has 2 heterocycles. The molecule has 30 heavy (non-hydrogen) atoms. The van der Waals surface area contributed by atoms with Crippen molar-refractivity contribution in [2.45, 2.75) is 26.7 Å². The van der Waals surface area contributed by atoms with E-state index in [0.29, 0.717) is 23.2 Å². The number of hydrogen-bond donors (Lipinski definition) is 1. The molecular formula is C23H22N4O3. The summed E-state index contributed by atoms with van der Waals surface area (Å²) in [5, 5.41) is 7.45. The van der Waals surface area contributed by atoms with Gasteiger partial charge in [0.2, 0.25) is 5.91 Å². The van der Waals surface area contributed by atoms with Crippen LogP contribution in [0.25, 0.3) is 5.69 Å². The molecule has 3 amide bonds. The summed E-state index contributed by atoms with van der Waals surface area (Å²) < 4.78 is 1.80. The average molecular weight is 402 g/mol. The smallest absolute Gasteiger partial charge is 0.261 e. The SMILES string of the molecule is Cc1nn(-c2ccccc2)c(C)c1NC(=O)CCCN1C(=O)c2ccccc2C1=O. The Hall–Kier alpha value is -3.74. The molecule has 0 saturated carbocycles. The van der Waals surface area contributed by atoms with Gasteiger partial charge < -0.3 is 5.32 Å². The highest BCUT2D eigenvalue weighted by Crippen LogP contribution is 2.24. The summed E-state index contributed by atoms with van der Waals surface area (Å²) in [5.74, 6) is -0.774. The highest BCUT2D eigenvalue weighted by atomic mass is 16.2. The van der Waals surface area contributed by atoms with Crippen molar-refractivity contribution in [3.05, 3.63) is 77.1 Å². The lowest BCUT2D eigenvalue weighted by atomic mass is 10.1. The van der Waals surface area contributed by atoms with Crippen LogP contribution in [0, 0.1) is 13.8 Å². The number of amides is 3. The number of carbonyl (C=O) groups is 3. The Morgan fingerprint density at radius 2 is 1.53 bits per heavy atom. The number of hydrogen-bond acceptors (Lipinski definition) is 4. The first kappa shape index (κ1) is 19.6. The van der Waals surface area contributed by atoms with E-state index < -0.39 is 0 Å². The molecule has 0 spiro atoms. The summed E-state index contributed by atoms with van der Waals surface area (Å²) in [6.07, 6.45) is 0.588. The Morgan fingerprint density at radius 3 is 2.17 bits per heavy atom. The van der Waals surface area contributed by atoms with Crippen molar-refractivity contribution in [3.8, 4) is 5.69 Å². The number of benzene rings is 2. The van der Waals surface area contributed by atoms with E-state index in [1.165, 1.54) is 4.90 Å². The summed E-state index contributed by atoms with van der Waals surface area (Å²) in [4.78, 5) is 38.5. The van der Waals surface area contributed by atoms with E-state index in [1.807, 2.05) is 44.2 Å². The van der Waals surface area contributed by atoms with Gasteiger partial charge in [-0.2, -0.15) is 5.10 Å². The number of anilines is 1. The second-order valence-corrected chi connectivity index (χ2v) is 7.25. The third kappa shape index (κ3) is 3.50. The number of aromatic nitrogens is 2. The van der Waals surface area contributed by atoms with Gasteiger partial charge in [0.1, 0.15) is 0 Å². The molecule has 4 rings (SSSR count). The van der Waals surface area contributed by atoms with Crippen LogP contribution in [-0.4, -0.2) is 38.9 Å². The quantitative estimate of drug-likeness (QED) is 0.640. The van der Waals surface area contributed by atoms with E-state index in [2.05, 4.69) is 10.4 Å². The maximum absolute atomic E-state index is 12.5. The number of para-hydroxylation sites is 1. The van der Waals surface area contributed by atoms with Crippen molar-refractivity contribution in [3.63, 3.8) is 0 Å². The summed E-state index contributed by atoms with van der Waals surface area (Å²) in [7, 11) is 0. The van der Waals surface area contributed by atoms with Crippen LogP contribution in [0.1, 0.15) is 44.9 Å². The van der Waals surface area contributed by atoms with Crippen LogP contribution < -0.4 is 5.32 Å². The highest BCUT2D eigenvalue weighted by Gasteiger charge is 2.34. The Kier molecular flexibility index (Phi) is 5.18. The van der Waals surface area contributed by atoms with Crippen molar-refractivity contribution in [1.29, 1.82) is 0 Å². The van der Waals surface area contributed by atoms with Crippen LogP contribution >= 0.6 is 0 Å². The van der Waals surface area contributed by atoms with Crippen LogP contribution in [0.5, 0.6) is 0 Å². The topological polar surface area (TPSA) is 84.3 Å². The number of rotatable bonds is 6. The fourth-order valence-corrected chi connectivity index (χ4v) is 3.69. The third-order valence-electron chi connectivity index (χ3n) is 5.22. The summed E-state index contributed by atoms with van der Waals surface area (Å²) in [6, 6.07) is 16.5. The van der Waals surface area contributed by atoms with E-state index in [4.69, 9.17) is 0 Å². The van der Waals surface area contributed by atoms with Crippen LogP contribution in [0.3, 0.4) is 0 Å². The van der Waals surface area contributed by atoms with E-state index >= 15 is 0 Å². The van der Waals surface area contributed by atoms with Gasteiger partial charge in [-0.1, -0.05) is 30.3 Å². The number of nitrogens with zero attached hydrogens (tertiary/aromatic N) is 3. The molecule has 152 valence electrons. The minimum absolute atomic E-state index is 0.176. The van der Waals surface area contributed by atoms with Crippen LogP contribution in [0.4, 0.5) is 5.69 Å². The van der Waals surface area contributed by atoms with Gasteiger partial charge in [-0.25, -0.2) is 4.68 Å². The molecule has 0 atom stereocenters. The molecule has 0 aliphatic carbocycles. The number of nitrogens with one attached hydrogen (secondary N) is 1. The lowest BCUT2D eigenvalue weighted by Gasteiger charge is -2.13. The van der Waals surface area contributed by atoms with E-state index in [1.54, 1.807) is 28.9 Å². The minimum Gasteiger partial charge on any atom is -0.323 e. The summed E-state index contributed by atoms with van der Waals surface area (Å²) in [5.41, 5.74) is 4.02. The Bertz CT molecular complexity index is 1100. The van der Waals surface area contributed by atoms with Crippen LogP contribution in [-0.2, 0) is 4.79 Å². The Labute approximate surface area is 174 Å². The molecule has 0 fully saturated rings. The largest absolute Gasteiger partial charge is 0.323 e. The monoisotopic (exact) mass is 402 g/mol. The van der Waals surface area contributed by atoms with Gasteiger partial charge in [0.25, 0.3) is 11.8 Å². The zero-order valence-electron chi connectivity index (χ0n) is 16.9. The molecule has 1 aliphatic rings. The van der Waals surface area contributed by atoms with E-state index in [0.717, 1.165) is 17.1 Å². The molecule has 1 aromatic heterocycles. The number of aryl methyl sites for hydroxylation is 1. The molecule has 0 unspecified atom stereocenters. The fourth-order valence-electron chi connectivity index (χ4n) is 3.69. The summed E-state index contributed by atoms with van der Waals surface area (Å²) >= 11 is 0. The zero-order chi connectivity index (χ0) is 21.3. The maximum atomic E-state index is 12.5. The molecule has 1 N–H and O–H groups in total. The van der Waals surface area contributed by atoms with Gasteiger partial charge in [0.15, 0.2) is 0 Å². The molecule has 7 nitrogen and oxygen atoms in total. The lowest BCUT2D eigenvalue weighted by Crippen LogP contribution is -2.31. The molecule has 0 radical (unpaired) electrons. The van der Waals surface area contributed by atoms with Gasteiger partial charge >= 0.3 is 0 Å². The van der Waals surface area contributed by atoms with Gasteiger partial charge in [0.05, 0.1) is 33.9 Å². The van der Waals surface area contributed by atoms with Gasteiger partial charge in [-0.05, 0) is 44.5 Å². The lowest BCUT2D eigenvalue weighted by molar-refractivity contribution is -0.116. The highest BCUT2D eigenvalue weighted by molar-refractivity contribution is 6.21. The second-order valence-electron chi connectivity index (χ2n) is 7.25. The van der Waals surface area contributed by atoms with Crippen molar-refractivity contribution < 1.29 is 14.4 Å². The van der Waals surface area contributed by atoms with Crippen molar-refractivity contribution in [2.24, 2.45) is 0 Å². The first-order valence-electron chi connectivity index (χ1n) is 9.84. The van der Waals surface area contributed by atoms with Crippen LogP contribution in [0.2, 0.25) is 0 Å². The minimum atomic E-state index is -0.299. The van der Waals surface area contributed by atoms with E-state index in [9.17, 15) is 14.4 Å². The number of fused-ring (bicyclic) bond motifs is 1. The van der Waals surface area contributed by atoms with Crippen molar-refractivity contribution >= 4 is 23.4 Å². The molecule has 0 bridgehead atoms. The van der Waals surface area contributed by atoms with Crippen molar-refractivity contribution in [2.75, 3.05) is 11.9 Å². The van der Waals surface area contributed by atoms with Gasteiger partial charge in [0, 0.05) is 13.0 Å². The standard InChI is InChI=1S/C23H22N4O3/c1-15-21(16(2)27(25-15)17-9-4-3-5-10-17)24-20(28)13-8-14-26-22(29)18-11-6-7-12-19(18)23(26)30/h3-7,9-12H,8,13-14H2,1-2H3,(H,24,28). The normalized spacial score (nSPS) is 12.9. The molecule has 0 saturated heterocycles. The van der Waals surface area contributed by atoms with Gasteiger partial charge in [-0.3, -0.25) is 19.3 Å². The fraction of sp³-hybridized carbons (Fsp3) is 0.217. The van der Waals surface area contributed by atoms with Crippen LogP contribution in [0.15, 0.2) is 54.6 Å². The van der Waals surface area contributed by atoms with Gasteiger partial charge in [-0.15, -0.1) is 0 Å². The number of carbonyl (C=O) groups excluding carboxylic acids is 3. The molecule has 7 heteroatoms. The first-order chi connectivity index (χ1) is 14.5. The van der Waals surface area contributed by atoms with E-state index in [-0.39, 0.29) is 30.7 Å². The zero-order valence-corrected chi connectivity index (χ0v) is 16.9.